The molecule has 8 nitrogen and oxygen atoms in total. The van der Waals surface area contributed by atoms with Crippen LogP contribution in [0.15, 0.2) is 48.5 Å². The van der Waals surface area contributed by atoms with E-state index in [1.807, 2.05) is 5.32 Å². The van der Waals surface area contributed by atoms with Crippen molar-refractivity contribution in [3.8, 4) is 28.5 Å². The number of rotatable bonds is 8. The molecule has 1 fully saturated rings. The van der Waals surface area contributed by atoms with E-state index >= 15 is 0 Å². The summed E-state index contributed by atoms with van der Waals surface area (Å²) in [6.07, 6.45) is -9.08. The second-order valence-corrected chi connectivity index (χ2v) is 10.2. The van der Waals surface area contributed by atoms with Gasteiger partial charge in [-0.15, -0.1) is 0 Å². The number of ether oxygens (including phenoxy) is 3. The molecule has 1 unspecified atom stereocenters. The van der Waals surface area contributed by atoms with Crippen LogP contribution in [0, 0.1) is 5.82 Å². The molecular formula is C28H24F7N3O5. The van der Waals surface area contributed by atoms with Crippen LogP contribution in [-0.4, -0.2) is 54.7 Å². The zero-order valence-electron chi connectivity index (χ0n) is 22.3. The molecule has 3 aromatic rings. The summed E-state index contributed by atoms with van der Waals surface area (Å²) < 4.78 is 115. The average molecular weight is 616 g/mol. The molecule has 1 amide bonds. The van der Waals surface area contributed by atoms with Gasteiger partial charge in [0.2, 0.25) is 5.60 Å². The summed E-state index contributed by atoms with van der Waals surface area (Å²) in [6, 6.07) is 8.20. The number of nitrogens with one attached hydrogen (secondary N) is 1. The number of nitrogens with zero attached hydrogens (tertiary/aromatic N) is 1. The zero-order chi connectivity index (χ0) is 31.4. The molecule has 5 rings (SSSR count). The Labute approximate surface area is 239 Å². The van der Waals surface area contributed by atoms with Crippen molar-refractivity contribution >= 4 is 5.91 Å². The van der Waals surface area contributed by atoms with Crippen LogP contribution in [-0.2, 0) is 11.1 Å². The molecule has 43 heavy (non-hydrogen) atoms. The molecular weight excluding hydrogens is 591 g/mol. The van der Waals surface area contributed by atoms with Gasteiger partial charge < -0.3 is 30.4 Å². The second kappa shape index (κ2) is 10.6. The lowest BCUT2D eigenvalue weighted by Crippen LogP contribution is -2.53. The van der Waals surface area contributed by atoms with Gasteiger partial charge >= 0.3 is 12.4 Å². The summed E-state index contributed by atoms with van der Waals surface area (Å²) in [5.74, 6) is -1.92. The van der Waals surface area contributed by atoms with Crippen LogP contribution < -0.4 is 25.3 Å². The minimum atomic E-state index is -5.56. The highest BCUT2D eigenvalue weighted by atomic mass is 19.4. The predicted octanol–water partition coefficient (Wildman–Crippen LogP) is 4.73. The van der Waals surface area contributed by atoms with Gasteiger partial charge in [0.25, 0.3) is 5.91 Å². The van der Waals surface area contributed by atoms with Gasteiger partial charge in [-0.25, -0.2) is 9.37 Å². The van der Waals surface area contributed by atoms with Gasteiger partial charge in [0, 0.05) is 16.7 Å². The molecule has 2 aromatic carbocycles. The van der Waals surface area contributed by atoms with Crippen LogP contribution in [0.3, 0.4) is 0 Å². The van der Waals surface area contributed by atoms with Crippen molar-refractivity contribution in [3.05, 3.63) is 71.2 Å². The molecule has 15 heteroatoms. The van der Waals surface area contributed by atoms with E-state index in [0.29, 0.717) is 11.8 Å². The van der Waals surface area contributed by atoms with E-state index in [9.17, 15) is 40.6 Å². The quantitative estimate of drug-likeness (QED) is 0.314. The number of benzene rings is 2. The number of halogens is 7. The van der Waals surface area contributed by atoms with Gasteiger partial charge in [0.05, 0.1) is 25.5 Å². The maximum Gasteiger partial charge on any atom is 0.424 e. The van der Waals surface area contributed by atoms with Gasteiger partial charge in [0.1, 0.15) is 18.1 Å². The molecule has 230 valence electrons. The Morgan fingerprint density at radius 1 is 1.09 bits per heavy atom. The number of pyridine rings is 1. The monoisotopic (exact) mass is 615 g/mol. The van der Waals surface area contributed by atoms with Crippen molar-refractivity contribution in [2.75, 3.05) is 20.3 Å². The molecule has 0 spiro atoms. The Bertz CT molecular complexity index is 1540. The highest BCUT2D eigenvalue weighted by Gasteiger charge is 2.61. The van der Waals surface area contributed by atoms with Crippen LogP contribution in [0.25, 0.3) is 11.3 Å². The normalized spacial score (nSPS) is 19.7. The van der Waals surface area contributed by atoms with Crippen LogP contribution in [0.2, 0.25) is 0 Å². The lowest BCUT2D eigenvalue weighted by atomic mass is 9.87. The van der Waals surface area contributed by atoms with Crippen LogP contribution in [0.4, 0.5) is 30.7 Å². The number of aromatic nitrogens is 1. The molecule has 1 saturated carbocycles. The van der Waals surface area contributed by atoms with E-state index in [2.05, 4.69) is 4.98 Å². The van der Waals surface area contributed by atoms with Crippen molar-refractivity contribution < 1.29 is 54.8 Å². The number of carbonyl (C=O) groups excluding carboxylic acids is 1. The highest BCUT2D eigenvalue weighted by Crippen LogP contribution is 2.51. The first-order valence-corrected chi connectivity index (χ1v) is 12.8. The summed E-state index contributed by atoms with van der Waals surface area (Å²) >= 11 is 0. The number of aliphatic hydroxyl groups is 1. The molecule has 2 aliphatic rings. The molecule has 1 aliphatic heterocycles. The van der Waals surface area contributed by atoms with Crippen LogP contribution in [0.1, 0.15) is 34.5 Å². The highest BCUT2D eigenvalue weighted by molar-refractivity contribution is 5.95. The number of carbonyl (C=O) groups is 1. The molecule has 4 N–H and O–H groups in total. The summed E-state index contributed by atoms with van der Waals surface area (Å²) in [5, 5.41) is 13.0. The first-order chi connectivity index (χ1) is 20.1. The maximum atomic E-state index is 14.5. The first-order valence-electron chi connectivity index (χ1n) is 12.8. The lowest BCUT2D eigenvalue weighted by Gasteiger charge is -2.32. The summed E-state index contributed by atoms with van der Waals surface area (Å²) in [6.45, 7) is -2.73. The minimum Gasteiger partial charge on any atom is -0.493 e. The Balaban J connectivity index is 1.54. The molecule has 0 radical (unpaired) electrons. The fourth-order valence-electron chi connectivity index (χ4n) is 4.44. The second-order valence-electron chi connectivity index (χ2n) is 10.2. The van der Waals surface area contributed by atoms with Crippen molar-refractivity contribution in [2.45, 2.75) is 42.4 Å². The SMILES string of the molecule is COc1cc(C(=O)NCC(O)(c2cc3c(c(-c4ccc(F)cc4)n2)OC[C@]3(N)C(F)(F)F)C(F)(F)F)ccc1OC1CC1. The lowest BCUT2D eigenvalue weighted by molar-refractivity contribution is -0.265. The Morgan fingerprint density at radius 3 is 2.35 bits per heavy atom. The van der Waals surface area contributed by atoms with E-state index in [1.54, 1.807) is 0 Å². The van der Waals surface area contributed by atoms with Gasteiger partial charge in [0.15, 0.2) is 22.8 Å². The molecule has 1 aliphatic carbocycles. The average Bonchev–Trinajstić information content (AvgIpc) is 3.70. The van der Waals surface area contributed by atoms with E-state index in [0.717, 1.165) is 37.1 Å². The molecule has 0 saturated heterocycles. The van der Waals surface area contributed by atoms with Crippen LogP contribution in [0.5, 0.6) is 17.2 Å². The van der Waals surface area contributed by atoms with E-state index in [4.69, 9.17) is 19.9 Å². The number of fused-ring (bicyclic) bond motifs is 1. The van der Waals surface area contributed by atoms with Gasteiger partial charge in [-0.05, 0) is 61.4 Å². The number of amides is 1. The third-order valence-electron chi connectivity index (χ3n) is 7.16. The van der Waals surface area contributed by atoms with Crippen molar-refractivity contribution in [1.29, 1.82) is 0 Å². The predicted molar refractivity (Wildman–Crippen MR) is 136 cm³/mol. The van der Waals surface area contributed by atoms with Crippen molar-refractivity contribution in [3.63, 3.8) is 0 Å². The largest absolute Gasteiger partial charge is 0.493 e. The number of hydrogen-bond acceptors (Lipinski definition) is 7. The van der Waals surface area contributed by atoms with E-state index in [1.165, 1.54) is 25.3 Å². The Kier molecular flexibility index (Phi) is 7.45. The topological polar surface area (TPSA) is 116 Å². The smallest absolute Gasteiger partial charge is 0.424 e. The van der Waals surface area contributed by atoms with E-state index in [-0.39, 0.29) is 23.0 Å². The Hall–Kier alpha value is -4.11. The summed E-state index contributed by atoms with van der Waals surface area (Å²) in [7, 11) is 1.31. The number of nitrogens with two attached hydrogens (primary N) is 1. The van der Waals surface area contributed by atoms with Crippen molar-refractivity contribution in [2.24, 2.45) is 5.73 Å². The maximum absolute atomic E-state index is 14.5. The standard InChI is InChI=1S/C28H24F7N3O5/c1-41-20-10-15(4-9-19(20)43-17-7-8-17)24(39)37-12-26(40,28(33,34)35)21-11-18-23(42-13-25(18,36)27(30,31)32)22(38-21)14-2-5-16(29)6-3-14/h2-6,9-11,17,40H,7-8,12-13,36H2,1H3,(H,37,39)/t25-,26?/m1/s1. The first kappa shape index (κ1) is 30.4. The third kappa shape index (κ3) is 5.54. The minimum absolute atomic E-state index is 0.00927. The molecule has 2 heterocycles. The summed E-state index contributed by atoms with van der Waals surface area (Å²) in [5.41, 5.74) is -4.66. The zero-order valence-corrected chi connectivity index (χ0v) is 22.3. The van der Waals surface area contributed by atoms with Gasteiger partial charge in [-0.1, -0.05) is 0 Å². The number of hydrogen-bond donors (Lipinski definition) is 3. The van der Waals surface area contributed by atoms with Gasteiger partial charge in [-0.3, -0.25) is 4.79 Å². The third-order valence-corrected chi connectivity index (χ3v) is 7.16. The molecule has 2 atom stereocenters. The number of methoxy groups -OCH3 is 1. The fraction of sp³-hybridized carbons (Fsp3) is 0.357. The molecule has 0 bridgehead atoms. The van der Waals surface area contributed by atoms with E-state index < -0.39 is 71.1 Å². The summed E-state index contributed by atoms with van der Waals surface area (Å²) in [4.78, 5) is 16.7. The van der Waals surface area contributed by atoms with Crippen LogP contribution >= 0.6 is 0 Å². The Morgan fingerprint density at radius 2 is 1.77 bits per heavy atom. The number of alkyl halides is 6. The van der Waals surface area contributed by atoms with Gasteiger partial charge in [-0.2, -0.15) is 26.3 Å². The molecule has 1 aromatic heterocycles. The van der Waals surface area contributed by atoms with Crippen molar-refractivity contribution in [1.82, 2.24) is 10.3 Å². The fourth-order valence-corrected chi connectivity index (χ4v) is 4.44.